The van der Waals surface area contributed by atoms with Gasteiger partial charge in [-0.1, -0.05) is 48.5 Å². The van der Waals surface area contributed by atoms with Crippen LogP contribution >= 0.6 is 22.7 Å². The fourth-order valence-corrected chi connectivity index (χ4v) is 5.12. The minimum absolute atomic E-state index is 0.137. The van der Waals surface area contributed by atoms with Crippen molar-refractivity contribution in [2.45, 2.75) is 6.10 Å². The van der Waals surface area contributed by atoms with Crippen molar-refractivity contribution in [2.24, 2.45) is 0 Å². The summed E-state index contributed by atoms with van der Waals surface area (Å²) in [6, 6.07) is 19.5. The van der Waals surface area contributed by atoms with Gasteiger partial charge in [0.2, 0.25) is 0 Å². The van der Waals surface area contributed by atoms with Gasteiger partial charge in [-0.05, 0) is 17.7 Å². The van der Waals surface area contributed by atoms with E-state index in [0.717, 1.165) is 15.0 Å². The minimum Gasteiger partial charge on any atom is -0.387 e. The Hall–Kier alpha value is -2.21. The smallest absolute Gasteiger partial charge is 0.261 e. The third-order valence-electron chi connectivity index (χ3n) is 3.91. The zero-order chi connectivity index (χ0) is 16.5. The number of rotatable bonds is 4. The molecule has 0 aliphatic heterocycles. The van der Waals surface area contributed by atoms with Gasteiger partial charge in [0.15, 0.2) is 0 Å². The lowest BCUT2D eigenvalue weighted by atomic mass is 10.1. The molecule has 2 aromatic heterocycles. The molecule has 0 aliphatic carbocycles. The molecule has 0 bridgehead atoms. The average molecular weight is 353 g/mol. The fraction of sp³-hybridized carbons (Fsp3) is 0.105. The van der Waals surface area contributed by atoms with E-state index in [0.29, 0.717) is 4.88 Å². The topological polar surface area (TPSA) is 49.3 Å². The Bertz CT molecular complexity index is 1000. The molecule has 0 spiro atoms. The van der Waals surface area contributed by atoms with Crippen molar-refractivity contribution in [3.63, 3.8) is 0 Å². The molecule has 5 heteroatoms. The molecule has 0 saturated heterocycles. The molecule has 0 fully saturated rings. The molecule has 2 N–H and O–H groups in total. The standard InChI is InChI=1S/C19H15NO2S2/c21-14(12-6-2-1-3-7-12)11-20-19(22)17-10-16-18(24-17)13-8-4-5-9-15(13)23-16/h1-10,14,21H,11H2,(H,20,22). The van der Waals surface area contributed by atoms with E-state index in [-0.39, 0.29) is 12.5 Å². The predicted octanol–water partition coefficient (Wildman–Crippen LogP) is 4.58. The van der Waals surface area contributed by atoms with E-state index in [1.165, 1.54) is 21.4 Å². The van der Waals surface area contributed by atoms with E-state index in [1.54, 1.807) is 11.3 Å². The maximum absolute atomic E-state index is 12.4. The zero-order valence-electron chi connectivity index (χ0n) is 12.7. The van der Waals surface area contributed by atoms with E-state index in [1.807, 2.05) is 48.5 Å². The first kappa shape index (κ1) is 15.3. The predicted molar refractivity (Wildman–Crippen MR) is 101 cm³/mol. The van der Waals surface area contributed by atoms with Gasteiger partial charge in [0, 0.05) is 21.3 Å². The highest BCUT2D eigenvalue weighted by atomic mass is 32.1. The SMILES string of the molecule is O=C(NCC(O)c1ccccc1)c1cc2sc3ccccc3c2s1. The van der Waals surface area contributed by atoms with Gasteiger partial charge in [0.05, 0.1) is 15.7 Å². The molecule has 0 aliphatic rings. The minimum atomic E-state index is -0.697. The van der Waals surface area contributed by atoms with Gasteiger partial charge >= 0.3 is 0 Å². The van der Waals surface area contributed by atoms with Crippen LogP contribution in [-0.4, -0.2) is 17.6 Å². The fourth-order valence-electron chi connectivity index (χ4n) is 2.68. The number of aliphatic hydroxyl groups excluding tert-OH is 1. The number of thiophene rings is 2. The average Bonchev–Trinajstić information content (AvgIpc) is 3.18. The van der Waals surface area contributed by atoms with Gasteiger partial charge in [-0.3, -0.25) is 4.79 Å². The third-order valence-corrected chi connectivity index (χ3v) is 6.33. The lowest BCUT2D eigenvalue weighted by Gasteiger charge is -2.11. The van der Waals surface area contributed by atoms with Gasteiger partial charge in [-0.15, -0.1) is 22.7 Å². The van der Waals surface area contributed by atoms with Crippen LogP contribution in [0, 0.1) is 0 Å². The molecule has 1 amide bonds. The summed E-state index contributed by atoms with van der Waals surface area (Å²) in [5, 5.41) is 14.2. The Labute approximate surface area is 147 Å². The summed E-state index contributed by atoms with van der Waals surface area (Å²) in [7, 11) is 0. The number of aliphatic hydroxyl groups is 1. The van der Waals surface area contributed by atoms with Crippen molar-refractivity contribution in [1.82, 2.24) is 5.32 Å². The first-order chi connectivity index (χ1) is 11.7. The summed E-state index contributed by atoms with van der Waals surface area (Å²) in [4.78, 5) is 13.1. The first-order valence-electron chi connectivity index (χ1n) is 7.64. The monoisotopic (exact) mass is 353 g/mol. The van der Waals surface area contributed by atoms with Crippen LogP contribution in [0.4, 0.5) is 0 Å². The van der Waals surface area contributed by atoms with Crippen LogP contribution in [0.15, 0.2) is 60.7 Å². The van der Waals surface area contributed by atoms with Crippen molar-refractivity contribution in [1.29, 1.82) is 0 Å². The second-order valence-corrected chi connectivity index (χ2v) is 7.67. The molecule has 1 unspecified atom stereocenters. The highest BCUT2D eigenvalue weighted by molar-refractivity contribution is 7.33. The van der Waals surface area contributed by atoms with Crippen LogP contribution in [0.2, 0.25) is 0 Å². The van der Waals surface area contributed by atoms with Crippen LogP contribution in [0.5, 0.6) is 0 Å². The highest BCUT2D eigenvalue weighted by Crippen LogP contribution is 2.39. The highest BCUT2D eigenvalue weighted by Gasteiger charge is 2.15. The number of benzene rings is 2. The summed E-state index contributed by atoms with van der Waals surface area (Å²) in [6.07, 6.45) is -0.697. The van der Waals surface area contributed by atoms with Crippen LogP contribution < -0.4 is 5.32 Å². The Morgan fingerprint density at radius 3 is 2.58 bits per heavy atom. The summed E-state index contributed by atoms with van der Waals surface area (Å²) in [5.41, 5.74) is 0.802. The largest absolute Gasteiger partial charge is 0.387 e. The van der Waals surface area contributed by atoms with Crippen molar-refractivity contribution in [2.75, 3.05) is 6.54 Å². The van der Waals surface area contributed by atoms with Gasteiger partial charge in [0.25, 0.3) is 5.91 Å². The maximum atomic E-state index is 12.4. The van der Waals surface area contributed by atoms with Crippen LogP contribution in [0.3, 0.4) is 0 Å². The van der Waals surface area contributed by atoms with E-state index < -0.39 is 6.10 Å². The number of fused-ring (bicyclic) bond motifs is 3. The molecule has 0 radical (unpaired) electrons. The molecule has 2 heterocycles. The molecule has 3 nitrogen and oxygen atoms in total. The molecule has 120 valence electrons. The van der Waals surface area contributed by atoms with Crippen LogP contribution in [0.1, 0.15) is 21.3 Å². The number of amides is 1. The van der Waals surface area contributed by atoms with Crippen molar-refractivity contribution >= 4 is 48.1 Å². The Morgan fingerprint density at radius 2 is 1.75 bits per heavy atom. The first-order valence-corrected chi connectivity index (χ1v) is 9.28. The Kier molecular flexibility index (Phi) is 4.06. The summed E-state index contributed by atoms with van der Waals surface area (Å²) < 4.78 is 3.53. The number of carbonyl (C=O) groups is 1. The molecule has 4 rings (SSSR count). The number of carbonyl (C=O) groups excluding carboxylic acids is 1. The van der Waals surface area contributed by atoms with Crippen molar-refractivity contribution in [3.05, 3.63) is 71.1 Å². The van der Waals surface area contributed by atoms with Crippen molar-refractivity contribution in [3.8, 4) is 0 Å². The molecule has 4 aromatic rings. The quantitative estimate of drug-likeness (QED) is 0.564. The van der Waals surface area contributed by atoms with Gasteiger partial charge in [-0.25, -0.2) is 0 Å². The van der Waals surface area contributed by atoms with Gasteiger partial charge in [-0.2, -0.15) is 0 Å². The lowest BCUT2D eigenvalue weighted by molar-refractivity contribution is 0.0920. The molecule has 2 aromatic carbocycles. The second kappa shape index (κ2) is 6.36. The zero-order valence-corrected chi connectivity index (χ0v) is 14.4. The van der Waals surface area contributed by atoms with E-state index in [2.05, 4.69) is 17.4 Å². The second-order valence-electron chi connectivity index (χ2n) is 5.54. The van der Waals surface area contributed by atoms with Crippen LogP contribution in [0.25, 0.3) is 19.5 Å². The normalized spacial score (nSPS) is 12.5. The summed E-state index contributed by atoms with van der Waals surface area (Å²) >= 11 is 3.21. The molecule has 24 heavy (non-hydrogen) atoms. The van der Waals surface area contributed by atoms with E-state index >= 15 is 0 Å². The summed E-state index contributed by atoms with van der Waals surface area (Å²) in [5.74, 6) is -0.137. The number of hydrogen-bond donors (Lipinski definition) is 2. The molecule has 1 atom stereocenters. The third kappa shape index (κ3) is 2.82. The van der Waals surface area contributed by atoms with E-state index in [9.17, 15) is 9.90 Å². The number of nitrogens with one attached hydrogen (secondary N) is 1. The van der Waals surface area contributed by atoms with Gasteiger partial charge < -0.3 is 10.4 Å². The molecular formula is C19H15NO2S2. The van der Waals surface area contributed by atoms with Gasteiger partial charge in [0.1, 0.15) is 0 Å². The Balaban J connectivity index is 1.51. The van der Waals surface area contributed by atoms with Crippen LogP contribution in [-0.2, 0) is 0 Å². The maximum Gasteiger partial charge on any atom is 0.261 e. The molecule has 0 saturated carbocycles. The summed E-state index contributed by atoms with van der Waals surface area (Å²) in [6.45, 7) is 0.204. The Morgan fingerprint density at radius 1 is 1.00 bits per heavy atom. The molecular weight excluding hydrogens is 338 g/mol. The van der Waals surface area contributed by atoms with Crippen molar-refractivity contribution < 1.29 is 9.90 Å². The number of hydrogen-bond acceptors (Lipinski definition) is 4. The van der Waals surface area contributed by atoms with E-state index in [4.69, 9.17) is 0 Å². The lowest BCUT2D eigenvalue weighted by Crippen LogP contribution is -2.27.